The number of aryl methyl sites for hydroxylation is 1. The lowest BCUT2D eigenvalue weighted by atomic mass is 10.1. The first-order chi connectivity index (χ1) is 7.60. The van der Waals surface area contributed by atoms with Crippen LogP contribution in [0.5, 0.6) is 0 Å². The van der Waals surface area contributed by atoms with Crippen molar-refractivity contribution in [3.63, 3.8) is 0 Å². The molecule has 1 N–H and O–H groups in total. The molecule has 16 heavy (non-hydrogen) atoms. The Balaban J connectivity index is 2.87. The summed E-state index contributed by atoms with van der Waals surface area (Å²) in [5, 5.41) is 9.05. The number of hydrogen-bond acceptors (Lipinski definition) is 3. The fourth-order valence-electron chi connectivity index (χ4n) is 1.80. The first-order valence-electron chi connectivity index (χ1n) is 5.52. The Kier molecular flexibility index (Phi) is 4.77. The van der Waals surface area contributed by atoms with Crippen molar-refractivity contribution in [1.29, 1.82) is 0 Å². The Morgan fingerprint density at radius 1 is 1.44 bits per heavy atom. The summed E-state index contributed by atoms with van der Waals surface area (Å²) in [5.74, 6) is 0. The van der Waals surface area contributed by atoms with Gasteiger partial charge in [0.05, 0.1) is 13.2 Å². The number of nitrogens with zero attached hydrogens (tertiary/aromatic N) is 1. The predicted octanol–water partition coefficient (Wildman–Crippen LogP) is 1.96. The number of aliphatic hydroxyl groups excluding tert-OH is 1. The Bertz CT molecular complexity index is 339. The number of likely N-dealkylation sites (N-methyl/N-ethyl adjacent to an activating group) is 1. The summed E-state index contributed by atoms with van der Waals surface area (Å²) in [6.07, 6.45) is 0. The number of hydrogen-bond donors (Lipinski definition) is 1. The van der Waals surface area contributed by atoms with Crippen molar-refractivity contribution in [3.05, 3.63) is 29.3 Å². The van der Waals surface area contributed by atoms with Gasteiger partial charge < -0.3 is 14.7 Å². The van der Waals surface area contributed by atoms with Gasteiger partial charge in [-0.15, -0.1) is 0 Å². The molecule has 3 nitrogen and oxygen atoms in total. The molecule has 0 aromatic heterocycles. The minimum atomic E-state index is 0.0957. The highest BCUT2D eigenvalue weighted by Gasteiger charge is 2.11. The smallest absolute Gasteiger partial charge is 0.0681 e. The molecule has 1 aromatic carbocycles. The van der Waals surface area contributed by atoms with E-state index in [0.717, 1.165) is 5.56 Å². The summed E-state index contributed by atoms with van der Waals surface area (Å²) >= 11 is 0. The Hall–Kier alpha value is -1.06. The van der Waals surface area contributed by atoms with Gasteiger partial charge >= 0.3 is 0 Å². The molecule has 0 heterocycles. The normalized spacial score (nSPS) is 12.6. The molecule has 0 spiro atoms. The largest absolute Gasteiger partial charge is 0.392 e. The van der Waals surface area contributed by atoms with E-state index in [1.54, 1.807) is 7.11 Å². The van der Waals surface area contributed by atoms with E-state index in [-0.39, 0.29) is 6.61 Å². The minimum Gasteiger partial charge on any atom is -0.392 e. The molecule has 0 bridgehead atoms. The van der Waals surface area contributed by atoms with Crippen molar-refractivity contribution >= 4 is 5.69 Å². The number of anilines is 1. The van der Waals surface area contributed by atoms with Crippen LogP contribution in [0.25, 0.3) is 0 Å². The Labute approximate surface area is 97.7 Å². The van der Waals surface area contributed by atoms with Crippen molar-refractivity contribution in [1.82, 2.24) is 0 Å². The lowest BCUT2D eigenvalue weighted by Gasteiger charge is -2.28. The zero-order valence-corrected chi connectivity index (χ0v) is 10.5. The van der Waals surface area contributed by atoms with Crippen LogP contribution in [0.2, 0.25) is 0 Å². The molecule has 0 aliphatic heterocycles. The third-order valence-electron chi connectivity index (χ3n) is 2.89. The minimum absolute atomic E-state index is 0.0957. The summed E-state index contributed by atoms with van der Waals surface area (Å²) in [6, 6.07) is 6.36. The van der Waals surface area contributed by atoms with Crippen molar-refractivity contribution in [3.8, 4) is 0 Å². The summed E-state index contributed by atoms with van der Waals surface area (Å²) in [6.45, 7) is 4.99. The van der Waals surface area contributed by atoms with Gasteiger partial charge in [-0.05, 0) is 31.0 Å². The Morgan fingerprint density at radius 2 is 2.12 bits per heavy atom. The van der Waals surface area contributed by atoms with E-state index in [0.29, 0.717) is 12.6 Å². The second kappa shape index (κ2) is 5.87. The molecule has 1 unspecified atom stereocenters. The maximum Gasteiger partial charge on any atom is 0.0681 e. The molecule has 0 fully saturated rings. The average molecular weight is 223 g/mol. The molecule has 0 amide bonds. The van der Waals surface area contributed by atoms with E-state index in [1.807, 2.05) is 18.2 Å². The number of aliphatic hydroxyl groups is 1. The van der Waals surface area contributed by atoms with Gasteiger partial charge in [-0.2, -0.15) is 0 Å². The second-order valence-corrected chi connectivity index (χ2v) is 4.19. The summed E-state index contributed by atoms with van der Waals surface area (Å²) in [4.78, 5) is 2.19. The molecular weight excluding hydrogens is 202 g/mol. The second-order valence-electron chi connectivity index (χ2n) is 4.19. The zero-order valence-electron chi connectivity index (χ0n) is 10.5. The van der Waals surface area contributed by atoms with E-state index in [2.05, 4.69) is 25.8 Å². The fraction of sp³-hybridized carbons (Fsp3) is 0.538. The van der Waals surface area contributed by atoms with Gasteiger partial charge in [-0.3, -0.25) is 0 Å². The van der Waals surface area contributed by atoms with E-state index in [9.17, 15) is 0 Å². The third kappa shape index (κ3) is 2.97. The fourth-order valence-corrected chi connectivity index (χ4v) is 1.80. The monoisotopic (exact) mass is 223 g/mol. The highest BCUT2D eigenvalue weighted by atomic mass is 16.5. The SMILES string of the molecule is COCC(C)N(C)c1ccc(CO)cc1C. The van der Waals surface area contributed by atoms with Crippen LogP contribution in [0.1, 0.15) is 18.1 Å². The van der Waals surface area contributed by atoms with Crippen LogP contribution in [0.4, 0.5) is 5.69 Å². The quantitative estimate of drug-likeness (QED) is 0.828. The lowest BCUT2D eigenvalue weighted by molar-refractivity contribution is 0.183. The zero-order chi connectivity index (χ0) is 12.1. The maximum absolute atomic E-state index is 9.05. The number of ether oxygens (including phenoxy) is 1. The molecule has 1 atom stereocenters. The van der Waals surface area contributed by atoms with Gasteiger partial charge in [0.1, 0.15) is 0 Å². The van der Waals surface area contributed by atoms with Gasteiger partial charge in [0, 0.05) is 25.9 Å². The summed E-state index contributed by atoms with van der Waals surface area (Å²) < 4.78 is 5.15. The van der Waals surface area contributed by atoms with Gasteiger partial charge in [0.2, 0.25) is 0 Å². The van der Waals surface area contributed by atoms with Gasteiger partial charge in [0.25, 0.3) is 0 Å². The molecule has 0 saturated heterocycles. The molecule has 0 aliphatic rings. The van der Waals surface area contributed by atoms with Crippen molar-refractivity contribution in [2.24, 2.45) is 0 Å². The van der Waals surface area contributed by atoms with Crippen LogP contribution >= 0.6 is 0 Å². The topological polar surface area (TPSA) is 32.7 Å². The van der Waals surface area contributed by atoms with Gasteiger partial charge in [0.15, 0.2) is 0 Å². The van der Waals surface area contributed by atoms with E-state index in [4.69, 9.17) is 9.84 Å². The third-order valence-corrected chi connectivity index (χ3v) is 2.89. The average Bonchev–Trinajstić information content (AvgIpc) is 2.28. The van der Waals surface area contributed by atoms with Crippen LogP contribution in [0, 0.1) is 6.92 Å². The van der Waals surface area contributed by atoms with E-state index in [1.165, 1.54) is 11.3 Å². The lowest BCUT2D eigenvalue weighted by Crippen LogP contribution is -2.33. The van der Waals surface area contributed by atoms with Gasteiger partial charge in [-0.1, -0.05) is 12.1 Å². The van der Waals surface area contributed by atoms with Crippen LogP contribution in [-0.4, -0.2) is 31.9 Å². The van der Waals surface area contributed by atoms with Crippen molar-refractivity contribution in [2.45, 2.75) is 26.5 Å². The molecule has 0 radical (unpaired) electrons. The molecule has 0 saturated carbocycles. The Morgan fingerprint density at radius 3 is 2.62 bits per heavy atom. The summed E-state index contributed by atoms with van der Waals surface area (Å²) in [5.41, 5.74) is 3.31. The molecule has 90 valence electrons. The maximum atomic E-state index is 9.05. The van der Waals surface area contributed by atoms with E-state index < -0.39 is 0 Å². The molecule has 0 aliphatic carbocycles. The number of methoxy groups -OCH3 is 1. The molecular formula is C13H21NO2. The number of rotatable bonds is 5. The predicted molar refractivity (Wildman–Crippen MR) is 66.8 cm³/mol. The molecule has 1 rings (SSSR count). The first-order valence-corrected chi connectivity index (χ1v) is 5.52. The van der Waals surface area contributed by atoms with Crippen molar-refractivity contribution < 1.29 is 9.84 Å². The van der Waals surface area contributed by atoms with Crippen LogP contribution in [0.15, 0.2) is 18.2 Å². The highest BCUT2D eigenvalue weighted by molar-refractivity contribution is 5.54. The molecule has 1 aromatic rings. The van der Waals surface area contributed by atoms with Gasteiger partial charge in [-0.25, -0.2) is 0 Å². The van der Waals surface area contributed by atoms with Crippen molar-refractivity contribution in [2.75, 3.05) is 25.7 Å². The van der Waals surface area contributed by atoms with Crippen LogP contribution < -0.4 is 4.90 Å². The first kappa shape index (κ1) is 13.0. The molecule has 3 heteroatoms. The van der Waals surface area contributed by atoms with Crippen LogP contribution in [0.3, 0.4) is 0 Å². The summed E-state index contributed by atoms with van der Waals surface area (Å²) in [7, 11) is 3.77. The standard InChI is InChI=1S/C13H21NO2/c1-10-7-12(8-15)5-6-13(10)14(3)11(2)9-16-4/h5-7,11,15H,8-9H2,1-4H3. The number of benzene rings is 1. The highest BCUT2D eigenvalue weighted by Crippen LogP contribution is 2.22. The van der Waals surface area contributed by atoms with Crippen LogP contribution in [-0.2, 0) is 11.3 Å². The van der Waals surface area contributed by atoms with E-state index >= 15 is 0 Å².